The Balaban J connectivity index is 4.70. The van der Waals surface area contributed by atoms with Crippen molar-refractivity contribution in [2.75, 3.05) is 0 Å². The molecule has 0 N–H and O–H groups in total. The quantitative estimate of drug-likeness (QED) is 0.361. The molecule has 0 radical (unpaired) electrons. The van der Waals surface area contributed by atoms with Crippen molar-refractivity contribution in [3.8, 4) is 0 Å². The summed E-state index contributed by atoms with van der Waals surface area (Å²) in [6.07, 6.45) is -3.48. The minimum absolute atomic E-state index is 2.94. The molecule has 0 spiro atoms. The van der Waals surface area contributed by atoms with E-state index in [0.717, 1.165) is 0 Å². The fraction of sp³-hybridized carbons (Fsp3) is 0.333. The van der Waals surface area contributed by atoms with Gasteiger partial charge in [-0.1, -0.05) is 8.96 Å². The van der Waals surface area contributed by atoms with Gasteiger partial charge >= 0.3 is 12.1 Å². The van der Waals surface area contributed by atoms with Crippen LogP contribution in [-0.4, -0.2) is 11.4 Å². The number of halogens is 7. The molecule has 0 aromatic rings. The molecule has 0 aliphatic heterocycles. The Morgan fingerprint density at radius 2 is 1.36 bits per heavy atom. The number of rotatable bonds is 2. The Labute approximate surface area is 55.6 Å². The van der Waals surface area contributed by atoms with Crippen molar-refractivity contribution in [3.63, 3.8) is 0 Å². The molecule has 1 nitrogen and oxygen atoms in total. The molecular weight excluding hydrogens is 183 g/mol. The van der Waals surface area contributed by atoms with Crippen LogP contribution in [0.1, 0.15) is 0 Å². The van der Waals surface area contributed by atoms with Crippen LogP contribution in [0, 0.1) is 0 Å². The summed E-state index contributed by atoms with van der Waals surface area (Å²) < 4.78 is 78.0. The number of nitrogens with zero attached hydrogens (tertiary/aromatic N) is 1. The van der Waals surface area contributed by atoms with Gasteiger partial charge in [0.05, 0.1) is 5.34 Å². The van der Waals surface area contributed by atoms with Crippen molar-refractivity contribution < 1.29 is 30.9 Å². The van der Waals surface area contributed by atoms with Crippen molar-refractivity contribution in [3.05, 3.63) is 11.9 Å². The topological polar surface area (TPSA) is 3.24 Å². The maximum absolute atomic E-state index is 11.5. The van der Waals surface area contributed by atoms with Gasteiger partial charge in [0.15, 0.2) is 0 Å². The van der Waals surface area contributed by atoms with Crippen molar-refractivity contribution in [2.45, 2.75) is 6.05 Å². The number of alkyl halides is 2. The van der Waals surface area contributed by atoms with E-state index in [4.69, 9.17) is 0 Å². The summed E-state index contributed by atoms with van der Waals surface area (Å²) in [5.41, 5.74) is 0. The summed E-state index contributed by atoms with van der Waals surface area (Å²) in [5, 5.41) is -2.94. The van der Waals surface area contributed by atoms with Gasteiger partial charge in [0.25, 0.3) is 5.83 Å². The lowest BCUT2D eigenvalue weighted by molar-refractivity contribution is -0.321. The average molecular weight is 183 g/mol. The van der Waals surface area contributed by atoms with Crippen molar-refractivity contribution in [1.29, 1.82) is 0 Å². The van der Waals surface area contributed by atoms with Crippen LogP contribution in [-0.2, 0) is 0 Å². The molecule has 0 saturated heterocycles. The van der Waals surface area contributed by atoms with E-state index in [0.29, 0.717) is 0 Å². The van der Waals surface area contributed by atoms with Crippen LogP contribution in [0.3, 0.4) is 0 Å². The van der Waals surface area contributed by atoms with E-state index in [9.17, 15) is 30.9 Å². The third-order valence-electron chi connectivity index (χ3n) is 0.642. The number of hydrogen-bond acceptors (Lipinski definition) is 1. The summed E-state index contributed by atoms with van der Waals surface area (Å²) in [4.78, 5) is 0. The Bertz CT molecular complexity index is 169. The fourth-order valence-electron chi connectivity index (χ4n) is 0.188. The van der Waals surface area contributed by atoms with Gasteiger partial charge in [0, 0.05) is 0 Å². The highest BCUT2D eigenvalue weighted by atomic mass is 19.4. The highest BCUT2D eigenvalue weighted by Crippen LogP contribution is 2.33. The maximum atomic E-state index is 11.5. The molecule has 0 heterocycles. The van der Waals surface area contributed by atoms with Crippen LogP contribution >= 0.6 is 0 Å². The molecule has 0 saturated carbocycles. The van der Waals surface area contributed by atoms with E-state index in [1.165, 1.54) is 0 Å². The molecule has 0 unspecified atom stereocenters. The fourth-order valence-corrected chi connectivity index (χ4v) is 0.188. The largest absolute Gasteiger partial charge is 0.415 e. The molecule has 66 valence electrons. The van der Waals surface area contributed by atoms with E-state index >= 15 is 0 Å². The molecule has 8 heteroatoms. The smallest absolute Gasteiger partial charge is 0.197 e. The van der Waals surface area contributed by atoms with Gasteiger partial charge < -0.3 is 0 Å². The zero-order chi connectivity index (χ0) is 9.23. The molecule has 0 aromatic heterocycles. The minimum atomic E-state index is -5.56. The lowest BCUT2D eigenvalue weighted by atomic mass is 10.5. The van der Waals surface area contributed by atoms with Crippen LogP contribution in [0.2, 0.25) is 0 Å². The third-order valence-corrected chi connectivity index (χ3v) is 0.642. The highest BCUT2D eigenvalue weighted by Gasteiger charge is 2.48. The van der Waals surface area contributed by atoms with E-state index in [-0.39, 0.29) is 0 Å². The molecule has 0 fully saturated rings. The molecule has 0 bridgehead atoms. The lowest BCUT2D eigenvalue weighted by Gasteiger charge is -2.11. The Morgan fingerprint density at radius 1 is 1.00 bits per heavy atom. The summed E-state index contributed by atoms with van der Waals surface area (Å²) in [7, 11) is 0. The van der Waals surface area contributed by atoms with Crippen LogP contribution in [0.4, 0.5) is 30.9 Å². The zero-order valence-electron chi connectivity index (χ0n) is 4.59. The molecular formula is C3F7N. The number of hydrogen-bond donors (Lipinski definition) is 0. The Morgan fingerprint density at radius 3 is 1.45 bits per heavy atom. The predicted molar refractivity (Wildman–Crippen MR) is 19.4 cm³/mol. The first-order valence-electron chi connectivity index (χ1n) is 2.01. The normalized spacial score (nSPS) is 12.0. The van der Waals surface area contributed by atoms with Gasteiger partial charge in [-0.15, -0.1) is 0 Å². The van der Waals surface area contributed by atoms with E-state index < -0.39 is 23.3 Å². The molecule has 0 aromatic carbocycles. The van der Waals surface area contributed by atoms with Crippen LogP contribution in [0.25, 0.3) is 0 Å². The maximum Gasteiger partial charge on any atom is 0.415 e. The van der Waals surface area contributed by atoms with E-state index in [1.54, 1.807) is 0 Å². The van der Waals surface area contributed by atoms with E-state index in [2.05, 4.69) is 0 Å². The standard InChI is InChI=1S/C3F7N/c4-1(2(5)6)3(7,8)11(9)10. The third kappa shape index (κ3) is 2.07. The van der Waals surface area contributed by atoms with Crippen LogP contribution in [0.5, 0.6) is 0 Å². The monoisotopic (exact) mass is 183 g/mol. The SMILES string of the molecule is FC(F)=C(F)C(F)(F)N(F)F. The molecule has 0 aliphatic carbocycles. The first kappa shape index (κ1) is 10.2. The van der Waals surface area contributed by atoms with Gasteiger partial charge in [-0.05, 0) is 0 Å². The Hall–Kier alpha value is -0.790. The second-order valence-electron chi connectivity index (χ2n) is 1.35. The van der Waals surface area contributed by atoms with Gasteiger partial charge in [-0.25, -0.2) is 0 Å². The summed E-state index contributed by atoms with van der Waals surface area (Å²) in [6, 6.07) is -5.56. The van der Waals surface area contributed by atoms with Gasteiger partial charge in [-0.3, -0.25) is 0 Å². The van der Waals surface area contributed by atoms with Gasteiger partial charge in [-0.2, -0.15) is 22.0 Å². The van der Waals surface area contributed by atoms with Gasteiger partial charge in [0.1, 0.15) is 0 Å². The van der Waals surface area contributed by atoms with Crippen LogP contribution < -0.4 is 0 Å². The predicted octanol–water partition coefficient (Wildman–Crippen LogP) is 2.73. The average Bonchev–Trinajstić information content (AvgIpc) is 1.85. The molecule has 0 rings (SSSR count). The first-order chi connectivity index (χ1) is 4.80. The summed E-state index contributed by atoms with van der Waals surface area (Å²) in [5.74, 6) is -3.46. The highest BCUT2D eigenvalue weighted by molar-refractivity contribution is 5.01. The summed E-state index contributed by atoms with van der Waals surface area (Å²) in [6.45, 7) is 0. The van der Waals surface area contributed by atoms with Crippen molar-refractivity contribution >= 4 is 0 Å². The van der Waals surface area contributed by atoms with Gasteiger partial charge in [0.2, 0.25) is 0 Å². The minimum Gasteiger partial charge on any atom is -0.197 e. The Kier molecular flexibility index (Phi) is 2.85. The lowest BCUT2D eigenvalue weighted by Crippen LogP contribution is -2.30. The first-order valence-corrected chi connectivity index (χ1v) is 2.01. The van der Waals surface area contributed by atoms with Crippen molar-refractivity contribution in [1.82, 2.24) is 5.34 Å². The van der Waals surface area contributed by atoms with Crippen molar-refractivity contribution in [2.24, 2.45) is 0 Å². The molecule has 0 atom stereocenters. The van der Waals surface area contributed by atoms with Crippen LogP contribution in [0.15, 0.2) is 11.9 Å². The molecule has 11 heavy (non-hydrogen) atoms. The second kappa shape index (κ2) is 3.07. The zero-order valence-corrected chi connectivity index (χ0v) is 4.59. The summed E-state index contributed by atoms with van der Waals surface area (Å²) >= 11 is 0. The molecule has 0 aliphatic rings. The second-order valence-corrected chi connectivity index (χ2v) is 1.35. The van der Waals surface area contributed by atoms with E-state index in [1.807, 2.05) is 0 Å². The molecule has 0 amide bonds.